The van der Waals surface area contributed by atoms with E-state index < -0.39 is 0 Å². The number of hydrogen-bond donors (Lipinski definition) is 2. The monoisotopic (exact) mass is 370 g/mol. The summed E-state index contributed by atoms with van der Waals surface area (Å²) < 4.78 is 11.1. The third-order valence-electron chi connectivity index (χ3n) is 4.43. The van der Waals surface area contributed by atoms with E-state index in [0.29, 0.717) is 5.11 Å². The molecule has 0 heterocycles. The second kappa shape index (κ2) is 8.41. The number of hydrogen-bond acceptors (Lipinski definition) is 3. The van der Waals surface area contributed by atoms with Crippen LogP contribution in [0.1, 0.15) is 43.9 Å². The molecule has 1 atom stereocenters. The quantitative estimate of drug-likeness (QED) is 0.737. The minimum Gasteiger partial charge on any atom is -0.497 e. The molecule has 1 aliphatic carbocycles. The van der Waals surface area contributed by atoms with E-state index in [-0.39, 0.29) is 12.1 Å². The Hall–Kier alpha value is -2.27. The van der Waals surface area contributed by atoms with Crippen molar-refractivity contribution in [1.82, 2.24) is 5.32 Å². The third-order valence-corrected chi connectivity index (χ3v) is 4.65. The number of fused-ring (bicyclic) bond motifs is 1. The van der Waals surface area contributed by atoms with E-state index in [1.807, 2.05) is 44.2 Å². The van der Waals surface area contributed by atoms with Gasteiger partial charge in [0.2, 0.25) is 0 Å². The van der Waals surface area contributed by atoms with Crippen molar-refractivity contribution in [2.45, 2.75) is 45.3 Å². The number of thiocarbonyl (C=S) groups is 1. The van der Waals surface area contributed by atoms with E-state index in [9.17, 15) is 0 Å². The summed E-state index contributed by atoms with van der Waals surface area (Å²) in [4.78, 5) is 0. The van der Waals surface area contributed by atoms with Gasteiger partial charge in [0, 0.05) is 11.8 Å². The summed E-state index contributed by atoms with van der Waals surface area (Å²) in [5.74, 6) is 1.75. The lowest BCUT2D eigenvalue weighted by Crippen LogP contribution is -2.34. The van der Waals surface area contributed by atoms with Gasteiger partial charge in [0.15, 0.2) is 5.11 Å². The molecule has 0 spiro atoms. The summed E-state index contributed by atoms with van der Waals surface area (Å²) in [6, 6.07) is 14.4. The standard InChI is InChI=1S/C21H26N2O2S/c1-14(2)25-18-8-5-7-16(13-18)22-21(26)23-20-9-4-6-15-12-17(24-3)10-11-19(15)20/h5,7-8,10-14,20H,4,6,9H2,1-3H3,(H2,22,23,26). The first-order valence-corrected chi connectivity index (χ1v) is 9.47. The van der Waals surface area contributed by atoms with Gasteiger partial charge in [0.25, 0.3) is 0 Å². The van der Waals surface area contributed by atoms with E-state index >= 15 is 0 Å². The highest BCUT2D eigenvalue weighted by atomic mass is 32.1. The van der Waals surface area contributed by atoms with Crippen LogP contribution in [-0.4, -0.2) is 18.3 Å². The Labute approximate surface area is 160 Å². The zero-order chi connectivity index (χ0) is 18.5. The number of rotatable bonds is 5. The number of aryl methyl sites for hydroxylation is 1. The van der Waals surface area contributed by atoms with Gasteiger partial charge in [-0.15, -0.1) is 0 Å². The zero-order valence-corrected chi connectivity index (χ0v) is 16.4. The van der Waals surface area contributed by atoms with E-state index in [1.54, 1.807) is 7.11 Å². The molecule has 1 unspecified atom stereocenters. The average Bonchev–Trinajstić information content (AvgIpc) is 2.61. The van der Waals surface area contributed by atoms with E-state index in [4.69, 9.17) is 21.7 Å². The first-order chi connectivity index (χ1) is 12.5. The zero-order valence-electron chi connectivity index (χ0n) is 15.5. The highest BCUT2D eigenvalue weighted by molar-refractivity contribution is 7.80. The molecule has 0 saturated carbocycles. The van der Waals surface area contributed by atoms with Crippen LogP contribution >= 0.6 is 12.2 Å². The van der Waals surface area contributed by atoms with Crippen molar-refractivity contribution in [2.24, 2.45) is 0 Å². The fourth-order valence-corrected chi connectivity index (χ4v) is 3.57. The van der Waals surface area contributed by atoms with Crippen LogP contribution in [0.4, 0.5) is 5.69 Å². The molecule has 4 nitrogen and oxygen atoms in total. The van der Waals surface area contributed by atoms with Crippen molar-refractivity contribution in [3.8, 4) is 11.5 Å². The Bertz CT molecular complexity index is 776. The van der Waals surface area contributed by atoms with Crippen LogP contribution in [0.25, 0.3) is 0 Å². The van der Waals surface area contributed by atoms with Crippen LogP contribution in [0.15, 0.2) is 42.5 Å². The highest BCUT2D eigenvalue weighted by Crippen LogP contribution is 2.32. The molecule has 0 aromatic heterocycles. The van der Waals surface area contributed by atoms with Crippen molar-refractivity contribution >= 4 is 23.0 Å². The highest BCUT2D eigenvalue weighted by Gasteiger charge is 2.21. The Balaban J connectivity index is 1.66. The van der Waals surface area contributed by atoms with Crippen molar-refractivity contribution < 1.29 is 9.47 Å². The molecule has 0 saturated heterocycles. The van der Waals surface area contributed by atoms with Gasteiger partial charge in [0.1, 0.15) is 11.5 Å². The Morgan fingerprint density at radius 3 is 2.77 bits per heavy atom. The van der Waals surface area contributed by atoms with Crippen molar-refractivity contribution in [1.29, 1.82) is 0 Å². The number of benzene rings is 2. The van der Waals surface area contributed by atoms with Gasteiger partial charge < -0.3 is 20.1 Å². The maximum Gasteiger partial charge on any atom is 0.171 e. The number of ether oxygens (including phenoxy) is 2. The van der Waals surface area contributed by atoms with Crippen LogP contribution in [0, 0.1) is 0 Å². The Kier molecular flexibility index (Phi) is 5.99. The molecule has 2 aromatic rings. The van der Waals surface area contributed by atoms with Crippen LogP contribution in [0.3, 0.4) is 0 Å². The van der Waals surface area contributed by atoms with Crippen molar-refractivity contribution in [3.05, 3.63) is 53.6 Å². The molecule has 3 rings (SSSR count). The van der Waals surface area contributed by atoms with Crippen LogP contribution in [-0.2, 0) is 6.42 Å². The second-order valence-corrected chi connectivity index (χ2v) is 7.21. The molecule has 0 aliphatic heterocycles. The first-order valence-electron chi connectivity index (χ1n) is 9.06. The Morgan fingerprint density at radius 2 is 2.00 bits per heavy atom. The lowest BCUT2D eigenvalue weighted by Gasteiger charge is -2.28. The molecule has 0 amide bonds. The maximum absolute atomic E-state index is 5.74. The maximum atomic E-state index is 5.74. The first kappa shape index (κ1) is 18.5. The molecular weight excluding hydrogens is 344 g/mol. The fraction of sp³-hybridized carbons (Fsp3) is 0.381. The molecule has 0 radical (unpaired) electrons. The summed E-state index contributed by atoms with van der Waals surface area (Å²) in [6.07, 6.45) is 3.43. The Morgan fingerprint density at radius 1 is 1.15 bits per heavy atom. The predicted octanol–water partition coefficient (Wildman–Crippen LogP) is 4.85. The number of anilines is 1. The van der Waals surface area contributed by atoms with Gasteiger partial charge >= 0.3 is 0 Å². The van der Waals surface area contributed by atoms with Crippen molar-refractivity contribution in [3.63, 3.8) is 0 Å². The summed E-state index contributed by atoms with van der Waals surface area (Å²) in [7, 11) is 1.70. The molecule has 26 heavy (non-hydrogen) atoms. The molecule has 2 aromatic carbocycles. The van der Waals surface area contributed by atoms with Crippen LogP contribution in [0.5, 0.6) is 11.5 Å². The van der Waals surface area contributed by atoms with Gasteiger partial charge in [-0.05, 0) is 80.7 Å². The summed E-state index contributed by atoms with van der Waals surface area (Å²) in [5, 5.41) is 7.36. The molecule has 5 heteroatoms. The topological polar surface area (TPSA) is 42.5 Å². The molecule has 2 N–H and O–H groups in total. The minimum absolute atomic E-state index is 0.144. The average molecular weight is 371 g/mol. The number of nitrogens with one attached hydrogen (secondary N) is 2. The van der Waals surface area contributed by atoms with Crippen LogP contribution in [0.2, 0.25) is 0 Å². The summed E-state index contributed by atoms with van der Waals surface area (Å²) in [5.41, 5.74) is 3.56. The predicted molar refractivity (Wildman–Crippen MR) is 110 cm³/mol. The van der Waals surface area contributed by atoms with Gasteiger partial charge in [-0.25, -0.2) is 0 Å². The van der Waals surface area contributed by atoms with Gasteiger partial charge in [-0.3, -0.25) is 0 Å². The smallest absolute Gasteiger partial charge is 0.171 e. The number of methoxy groups -OCH3 is 1. The lowest BCUT2D eigenvalue weighted by molar-refractivity contribution is 0.242. The van der Waals surface area contributed by atoms with Gasteiger partial charge in [0.05, 0.1) is 19.3 Å². The molecular formula is C21H26N2O2S. The SMILES string of the molecule is COc1ccc2c(c1)CCCC2NC(=S)Nc1cccc(OC(C)C)c1. The van der Waals surface area contributed by atoms with Gasteiger partial charge in [-0.2, -0.15) is 0 Å². The molecule has 0 fully saturated rings. The summed E-state index contributed by atoms with van der Waals surface area (Å²) in [6.45, 7) is 4.03. The van der Waals surface area contributed by atoms with E-state index in [2.05, 4.69) is 22.8 Å². The van der Waals surface area contributed by atoms with E-state index in [0.717, 1.165) is 36.4 Å². The van der Waals surface area contributed by atoms with Crippen molar-refractivity contribution in [2.75, 3.05) is 12.4 Å². The summed E-state index contributed by atoms with van der Waals surface area (Å²) >= 11 is 5.54. The lowest BCUT2D eigenvalue weighted by atomic mass is 9.87. The fourth-order valence-electron chi connectivity index (χ4n) is 3.31. The largest absolute Gasteiger partial charge is 0.497 e. The second-order valence-electron chi connectivity index (χ2n) is 6.80. The van der Waals surface area contributed by atoms with E-state index in [1.165, 1.54) is 11.1 Å². The molecule has 138 valence electrons. The normalized spacial score (nSPS) is 15.9. The minimum atomic E-state index is 0.144. The van der Waals surface area contributed by atoms with Gasteiger partial charge in [-0.1, -0.05) is 12.1 Å². The molecule has 1 aliphatic rings. The third kappa shape index (κ3) is 4.67. The van der Waals surface area contributed by atoms with Crippen LogP contribution < -0.4 is 20.1 Å². The molecule has 0 bridgehead atoms.